The Morgan fingerprint density at radius 2 is 1.76 bits per heavy atom. The Balaban J connectivity index is 1.42. The molecular formula is C23H24ClN3O2. The molecule has 0 saturated carbocycles. The van der Waals surface area contributed by atoms with E-state index in [1.54, 1.807) is 0 Å². The standard InChI is InChI=1S/C23H24ClN3O2/c1-17-4-2-5-19(14-17)23(29)26-10-3-9-25(12-13-26)22(28)16-27-11-8-18-6-7-20(24)15-21(18)27/h2,4-8,11,14-15H,3,9-10,12-13,16H2,1H3. The summed E-state index contributed by atoms with van der Waals surface area (Å²) in [5.74, 6) is 0.0985. The second-order valence-electron chi connectivity index (χ2n) is 7.54. The lowest BCUT2D eigenvalue weighted by Gasteiger charge is -2.23. The quantitative estimate of drug-likeness (QED) is 0.656. The van der Waals surface area contributed by atoms with Gasteiger partial charge in [0.25, 0.3) is 5.91 Å². The molecule has 0 N–H and O–H groups in total. The summed E-state index contributed by atoms with van der Waals surface area (Å²) < 4.78 is 1.93. The number of fused-ring (bicyclic) bond motifs is 1. The largest absolute Gasteiger partial charge is 0.339 e. The molecule has 3 aromatic rings. The third kappa shape index (κ3) is 4.30. The van der Waals surface area contributed by atoms with Crippen molar-refractivity contribution in [1.82, 2.24) is 14.4 Å². The first kappa shape index (κ1) is 19.5. The van der Waals surface area contributed by atoms with Gasteiger partial charge < -0.3 is 14.4 Å². The molecule has 1 aromatic heterocycles. The lowest BCUT2D eigenvalue weighted by atomic mass is 10.1. The smallest absolute Gasteiger partial charge is 0.253 e. The van der Waals surface area contributed by atoms with Crippen LogP contribution in [0, 0.1) is 6.92 Å². The Morgan fingerprint density at radius 1 is 0.966 bits per heavy atom. The van der Waals surface area contributed by atoms with Crippen LogP contribution in [0.5, 0.6) is 0 Å². The molecule has 5 nitrogen and oxygen atoms in total. The SMILES string of the molecule is Cc1cccc(C(=O)N2CCCN(C(=O)Cn3ccc4ccc(Cl)cc43)CC2)c1. The normalized spacial score (nSPS) is 14.8. The van der Waals surface area contributed by atoms with Crippen molar-refractivity contribution in [2.45, 2.75) is 19.9 Å². The van der Waals surface area contributed by atoms with Crippen LogP contribution in [-0.4, -0.2) is 52.4 Å². The zero-order valence-electron chi connectivity index (χ0n) is 16.5. The average Bonchev–Trinajstić information content (AvgIpc) is 2.94. The molecule has 150 valence electrons. The fourth-order valence-corrected chi connectivity index (χ4v) is 4.04. The van der Waals surface area contributed by atoms with Crippen LogP contribution in [0.2, 0.25) is 5.02 Å². The minimum atomic E-state index is 0.0362. The Kier molecular flexibility index (Phi) is 5.58. The predicted molar refractivity (Wildman–Crippen MR) is 115 cm³/mol. The van der Waals surface area contributed by atoms with E-state index in [0.717, 1.165) is 22.9 Å². The summed E-state index contributed by atoms with van der Waals surface area (Å²) in [6.07, 6.45) is 2.70. The summed E-state index contributed by atoms with van der Waals surface area (Å²) >= 11 is 6.11. The zero-order valence-corrected chi connectivity index (χ0v) is 17.2. The van der Waals surface area contributed by atoms with E-state index in [1.165, 1.54) is 0 Å². The van der Waals surface area contributed by atoms with Crippen LogP contribution in [0.4, 0.5) is 0 Å². The third-order valence-electron chi connectivity index (χ3n) is 5.44. The van der Waals surface area contributed by atoms with Gasteiger partial charge in [-0.15, -0.1) is 0 Å². The Labute approximate surface area is 175 Å². The van der Waals surface area contributed by atoms with Crippen LogP contribution in [0.15, 0.2) is 54.7 Å². The van der Waals surface area contributed by atoms with Gasteiger partial charge in [0.15, 0.2) is 0 Å². The van der Waals surface area contributed by atoms with Gasteiger partial charge in [0.05, 0.1) is 0 Å². The molecule has 1 fully saturated rings. The maximum atomic E-state index is 12.9. The fourth-order valence-electron chi connectivity index (χ4n) is 3.87. The topological polar surface area (TPSA) is 45.6 Å². The summed E-state index contributed by atoms with van der Waals surface area (Å²) in [6, 6.07) is 15.3. The average molecular weight is 410 g/mol. The number of amides is 2. The number of aromatic nitrogens is 1. The molecule has 6 heteroatoms. The first-order valence-corrected chi connectivity index (χ1v) is 10.3. The minimum Gasteiger partial charge on any atom is -0.339 e. The van der Waals surface area contributed by atoms with E-state index in [0.29, 0.717) is 36.8 Å². The minimum absolute atomic E-state index is 0.0362. The molecule has 0 spiro atoms. The lowest BCUT2D eigenvalue weighted by molar-refractivity contribution is -0.131. The van der Waals surface area contributed by atoms with E-state index >= 15 is 0 Å². The van der Waals surface area contributed by atoms with Crippen molar-refractivity contribution >= 4 is 34.3 Å². The molecule has 1 saturated heterocycles. The number of hydrogen-bond donors (Lipinski definition) is 0. The van der Waals surface area contributed by atoms with Gasteiger partial charge in [-0.2, -0.15) is 0 Å². The van der Waals surface area contributed by atoms with Gasteiger partial charge in [-0.25, -0.2) is 0 Å². The molecule has 2 heterocycles. The first-order chi connectivity index (χ1) is 14.0. The molecule has 2 aromatic carbocycles. The van der Waals surface area contributed by atoms with Crippen LogP contribution in [0.1, 0.15) is 22.3 Å². The van der Waals surface area contributed by atoms with Crippen LogP contribution in [0.3, 0.4) is 0 Å². The van der Waals surface area contributed by atoms with Crippen molar-refractivity contribution in [2.24, 2.45) is 0 Å². The molecule has 0 bridgehead atoms. The fraction of sp³-hybridized carbons (Fsp3) is 0.304. The van der Waals surface area contributed by atoms with Crippen molar-refractivity contribution in [3.05, 3.63) is 70.9 Å². The molecule has 0 radical (unpaired) electrons. The lowest BCUT2D eigenvalue weighted by Crippen LogP contribution is -2.38. The summed E-state index contributed by atoms with van der Waals surface area (Å²) in [4.78, 5) is 29.4. The van der Waals surface area contributed by atoms with E-state index in [9.17, 15) is 9.59 Å². The highest BCUT2D eigenvalue weighted by atomic mass is 35.5. The van der Waals surface area contributed by atoms with Crippen molar-refractivity contribution in [1.29, 1.82) is 0 Å². The Bertz CT molecular complexity index is 1060. The van der Waals surface area contributed by atoms with Crippen molar-refractivity contribution < 1.29 is 9.59 Å². The van der Waals surface area contributed by atoms with E-state index in [2.05, 4.69) is 0 Å². The summed E-state index contributed by atoms with van der Waals surface area (Å²) in [5.41, 5.74) is 2.74. The van der Waals surface area contributed by atoms with Gasteiger partial charge in [0, 0.05) is 48.5 Å². The molecular weight excluding hydrogens is 386 g/mol. The highest BCUT2D eigenvalue weighted by Gasteiger charge is 2.23. The first-order valence-electron chi connectivity index (χ1n) is 9.89. The van der Waals surface area contributed by atoms with Crippen LogP contribution in [-0.2, 0) is 11.3 Å². The number of aryl methyl sites for hydroxylation is 1. The maximum absolute atomic E-state index is 12.9. The van der Waals surface area contributed by atoms with Crippen molar-refractivity contribution in [3.8, 4) is 0 Å². The number of benzene rings is 2. The van der Waals surface area contributed by atoms with E-state index in [4.69, 9.17) is 11.6 Å². The molecule has 0 aliphatic carbocycles. The van der Waals surface area contributed by atoms with Gasteiger partial charge in [0.2, 0.25) is 5.91 Å². The van der Waals surface area contributed by atoms with E-state index in [1.807, 2.05) is 76.0 Å². The number of rotatable bonds is 3. The Hall–Kier alpha value is -2.79. The van der Waals surface area contributed by atoms with Crippen LogP contribution >= 0.6 is 11.6 Å². The van der Waals surface area contributed by atoms with Gasteiger partial charge in [-0.1, -0.05) is 35.4 Å². The molecule has 0 atom stereocenters. The van der Waals surface area contributed by atoms with Crippen LogP contribution < -0.4 is 0 Å². The summed E-state index contributed by atoms with van der Waals surface area (Å²) in [7, 11) is 0. The second-order valence-corrected chi connectivity index (χ2v) is 7.98. The Morgan fingerprint density at radius 3 is 2.59 bits per heavy atom. The monoisotopic (exact) mass is 409 g/mol. The predicted octanol–water partition coefficient (Wildman–Crippen LogP) is 3.98. The highest BCUT2D eigenvalue weighted by Crippen LogP contribution is 2.21. The summed E-state index contributed by atoms with van der Waals surface area (Å²) in [5, 5.41) is 1.72. The third-order valence-corrected chi connectivity index (χ3v) is 5.68. The maximum Gasteiger partial charge on any atom is 0.253 e. The molecule has 1 aliphatic heterocycles. The number of halogens is 1. The number of nitrogens with zero attached hydrogens (tertiary/aromatic N) is 3. The number of hydrogen-bond acceptors (Lipinski definition) is 2. The van der Waals surface area contributed by atoms with Crippen molar-refractivity contribution in [3.63, 3.8) is 0 Å². The number of carbonyl (C=O) groups is 2. The second kappa shape index (κ2) is 8.29. The highest BCUT2D eigenvalue weighted by molar-refractivity contribution is 6.31. The van der Waals surface area contributed by atoms with Gasteiger partial charge in [-0.3, -0.25) is 9.59 Å². The van der Waals surface area contributed by atoms with Gasteiger partial charge in [-0.05, 0) is 49.1 Å². The molecule has 4 rings (SSSR count). The van der Waals surface area contributed by atoms with Crippen molar-refractivity contribution in [2.75, 3.05) is 26.2 Å². The zero-order chi connectivity index (χ0) is 20.4. The molecule has 2 amide bonds. The van der Waals surface area contributed by atoms with E-state index in [-0.39, 0.29) is 18.4 Å². The van der Waals surface area contributed by atoms with E-state index < -0.39 is 0 Å². The van der Waals surface area contributed by atoms with Gasteiger partial charge >= 0.3 is 0 Å². The molecule has 0 unspecified atom stereocenters. The van der Waals surface area contributed by atoms with Gasteiger partial charge in [0.1, 0.15) is 6.54 Å². The molecule has 1 aliphatic rings. The molecule has 29 heavy (non-hydrogen) atoms. The number of carbonyl (C=O) groups excluding carboxylic acids is 2. The van der Waals surface area contributed by atoms with Crippen LogP contribution in [0.25, 0.3) is 10.9 Å². The summed E-state index contributed by atoms with van der Waals surface area (Å²) in [6.45, 7) is 4.69.